The van der Waals surface area contributed by atoms with E-state index in [1.807, 2.05) is 0 Å². The lowest BCUT2D eigenvalue weighted by Crippen LogP contribution is -2.11. The van der Waals surface area contributed by atoms with Gasteiger partial charge in [-0.1, -0.05) is 90.5 Å². The Bertz CT molecular complexity index is 358. The fraction of sp³-hybridized carbons (Fsp3) is 0.684. The third-order valence-corrected chi connectivity index (χ3v) is 3.99. The molecule has 0 aromatic heterocycles. The Morgan fingerprint density at radius 1 is 0.900 bits per heavy atom. The summed E-state index contributed by atoms with van der Waals surface area (Å²) in [5.41, 5.74) is 2.57. The largest absolute Gasteiger partial charge is 0.388 e. The van der Waals surface area contributed by atoms with Crippen LogP contribution in [0.25, 0.3) is 0 Å². The van der Waals surface area contributed by atoms with Gasteiger partial charge < -0.3 is 5.11 Å². The number of hydrogen-bond donors (Lipinski definition) is 1. The predicted molar refractivity (Wildman–Crippen MR) is 88.1 cm³/mol. The quantitative estimate of drug-likeness (QED) is 0.598. The fourth-order valence-corrected chi connectivity index (χ4v) is 2.49. The highest BCUT2D eigenvalue weighted by Gasteiger charge is 2.14. The van der Waals surface area contributed by atoms with E-state index in [2.05, 4.69) is 52.0 Å². The van der Waals surface area contributed by atoms with E-state index in [0.29, 0.717) is 0 Å². The van der Waals surface area contributed by atoms with E-state index < -0.39 is 0 Å². The number of benzene rings is 1. The first-order chi connectivity index (χ1) is 9.45. The molecule has 0 fully saturated rings. The highest BCUT2D eigenvalue weighted by Crippen LogP contribution is 2.25. The van der Waals surface area contributed by atoms with Crippen molar-refractivity contribution >= 4 is 0 Å². The second-order valence-corrected chi connectivity index (χ2v) is 6.94. The number of aliphatic hydroxyl groups is 1. The third kappa shape index (κ3) is 6.09. The molecule has 0 aliphatic carbocycles. The van der Waals surface area contributed by atoms with Crippen LogP contribution in [0.3, 0.4) is 0 Å². The summed E-state index contributed by atoms with van der Waals surface area (Å²) in [4.78, 5) is 0. The van der Waals surface area contributed by atoms with Crippen LogP contribution in [0.2, 0.25) is 0 Å². The number of hydrogen-bond acceptors (Lipinski definition) is 1. The van der Waals surface area contributed by atoms with Gasteiger partial charge in [0, 0.05) is 0 Å². The average Bonchev–Trinajstić information content (AvgIpc) is 2.41. The summed E-state index contributed by atoms with van der Waals surface area (Å²) in [5.74, 6) is 0. The van der Waals surface area contributed by atoms with Crippen LogP contribution < -0.4 is 0 Å². The molecule has 1 aromatic carbocycles. The molecular weight excluding hydrogens is 244 g/mol. The van der Waals surface area contributed by atoms with Crippen molar-refractivity contribution in [2.24, 2.45) is 0 Å². The van der Waals surface area contributed by atoms with Crippen LogP contribution in [0, 0.1) is 0 Å². The Hall–Kier alpha value is -0.820. The Kier molecular flexibility index (Phi) is 7.29. The maximum absolute atomic E-state index is 10.2. The molecule has 0 heterocycles. The molecule has 1 heteroatoms. The Labute approximate surface area is 125 Å². The highest BCUT2D eigenvalue weighted by atomic mass is 16.3. The van der Waals surface area contributed by atoms with Crippen molar-refractivity contribution in [3.63, 3.8) is 0 Å². The molecule has 0 aliphatic heterocycles. The van der Waals surface area contributed by atoms with Gasteiger partial charge >= 0.3 is 0 Å². The first kappa shape index (κ1) is 17.2. The van der Waals surface area contributed by atoms with Gasteiger partial charge in [-0.3, -0.25) is 0 Å². The molecule has 1 N–H and O–H groups in total. The molecule has 20 heavy (non-hydrogen) atoms. The lowest BCUT2D eigenvalue weighted by atomic mass is 9.86. The second-order valence-electron chi connectivity index (χ2n) is 6.94. The summed E-state index contributed by atoms with van der Waals surface area (Å²) in [6, 6.07) is 8.48. The molecule has 1 atom stereocenters. The maximum Gasteiger partial charge on any atom is 0.0790 e. The first-order valence-corrected chi connectivity index (χ1v) is 8.23. The summed E-state index contributed by atoms with van der Waals surface area (Å²) < 4.78 is 0. The van der Waals surface area contributed by atoms with Gasteiger partial charge in [-0.2, -0.15) is 0 Å². The molecular formula is C19H32O. The van der Waals surface area contributed by atoms with Crippen molar-refractivity contribution in [2.75, 3.05) is 0 Å². The van der Waals surface area contributed by atoms with Crippen LogP contribution in [-0.2, 0) is 5.41 Å². The van der Waals surface area contributed by atoms with Crippen molar-refractivity contribution in [1.29, 1.82) is 0 Å². The monoisotopic (exact) mass is 276 g/mol. The van der Waals surface area contributed by atoms with Gasteiger partial charge in [0.1, 0.15) is 0 Å². The number of aliphatic hydroxyl groups excluding tert-OH is 1. The summed E-state index contributed by atoms with van der Waals surface area (Å²) in [7, 11) is 0. The number of rotatable bonds is 8. The summed E-state index contributed by atoms with van der Waals surface area (Å²) in [6.07, 6.45) is 8.26. The lowest BCUT2D eigenvalue weighted by Gasteiger charge is -2.20. The van der Waals surface area contributed by atoms with Gasteiger partial charge in [-0.15, -0.1) is 0 Å². The van der Waals surface area contributed by atoms with Crippen LogP contribution in [-0.4, -0.2) is 5.11 Å². The normalized spacial score (nSPS) is 13.4. The zero-order valence-corrected chi connectivity index (χ0v) is 13.8. The highest BCUT2D eigenvalue weighted by molar-refractivity contribution is 5.28. The van der Waals surface area contributed by atoms with Gasteiger partial charge in [0.2, 0.25) is 0 Å². The van der Waals surface area contributed by atoms with Crippen molar-refractivity contribution in [1.82, 2.24) is 0 Å². The SMILES string of the molecule is CCCCCCCCC(O)c1ccc(C(C)(C)C)cc1. The van der Waals surface area contributed by atoms with Crippen molar-refractivity contribution in [2.45, 2.75) is 84.2 Å². The second kappa shape index (κ2) is 8.46. The van der Waals surface area contributed by atoms with Crippen molar-refractivity contribution in [3.8, 4) is 0 Å². The molecule has 0 saturated carbocycles. The molecule has 0 spiro atoms. The van der Waals surface area contributed by atoms with E-state index in [9.17, 15) is 5.11 Å². The smallest absolute Gasteiger partial charge is 0.0790 e. The molecule has 1 rings (SSSR count). The minimum Gasteiger partial charge on any atom is -0.388 e. The third-order valence-electron chi connectivity index (χ3n) is 3.99. The predicted octanol–water partition coefficient (Wildman–Crippen LogP) is 5.77. The van der Waals surface area contributed by atoms with Gasteiger partial charge in [0.05, 0.1) is 6.10 Å². The summed E-state index contributed by atoms with van der Waals surface area (Å²) in [5, 5.41) is 10.2. The van der Waals surface area contributed by atoms with E-state index in [4.69, 9.17) is 0 Å². The minimum atomic E-state index is -0.296. The van der Waals surface area contributed by atoms with Crippen LogP contribution in [0.5, 0.6) is 0 Å². The Morgan fingerprint density at radius 3 is 2.00 bits per heavy atom. The van der Waals surface area contributed by atoms with Crippen LogP contribution in [0.1, 0.15) is 89.9 Å². The topological polar surface area (TPSA) is 20.2 Å². The minimum absolute atomic E-state index is 0.183. The maximum atomic E-state index is 10.2. The van der Waals surface area contributed by atoms with Crippen molar-refractivity contribution in [3.05, 3.63) is 35.4 Å². The molecule has 0 radical (unpaired) electrons. The molecule has 0 bridgehead atoms. The molecule has 0 amide bonds. The molecule has 0 saturated heterocycles. The Morgan fingerprint density at radius 2 is 1.45 bits per heavy atom. The van der Waals surface area contributed by atoms with Crippen LogP contribution in [0.15, 0.2) is 24.3 Å². The molecule has 0 aliphatic rings. The van der Waals surface area contributed by atoms with Gasteiger partial charge in [-0.25, -0.2) is 0 Å². The van der Waals surface area contributed by atoms with Gasteiger partial charge in [0.15, 0.2) is 0 Å². The van der Waals surface area contributed by atoms with E-state index in [1.165, 1.54) is 37.7 Å². The molecule has 1 nitrogen and oxygen atoms in total. The van der Waals surface area contributed by atoms with Gasteiger partial charge in [-0.05, 0) is 23.0 Å². The summed E-state index contributed by atoms with van der Waals surface area (Å²) >= 11 is 0. The van der Waals surface area contributed by atoms with Crippen LogP contribution in [0.4, 0.5) is 0 Å². The van der Waals surface area contributed by atoms with E-state index in [-0.39, 0.29) is 11.5 Å². The molecule has 1 unspecified atom stereocenters. The van der Waals surface area contributed by atoms with Crippen molar-refractivity contribution < 1.29 is 5.11 Å². The zero-order valence-electron chi connectivity index (χ0n) is 13.8. The molecule has 1 aromatic rings. The van der Waals surface area contributed by atoms with Gasteiger partial charge in [0.25, 0.3) is 0 Å². The molecule has 114 valence electrons. The van der Waals surface area contributed by atoms with E-state index in [1.54, 1.807) is 0 Å². The standard InChI is InChI=1S/C19H32O/c1-5-6-7-8-9-10-11-18(20)16-12-14-17(15-13-16)19(2,3)4/h12-15,18,20H,5-11H2,1-4H3. The Balaban J connectivity index is 2.34. The fourth-order valence-electron chi connectivity index (χ4n) is 2.49. The number of unbranched alkanes of at least 4 members (excludes halogenated alkanes) is 5. The van der Waals surface area contributed by atoms with E-state index in [0.717, 1.165) is 18.4 Å². The van der Waals surface area contributed by atoms with Crippen LogP contribution >= 0.6 is 0 Å². The summed E-state index contributed by atoms with van der Waals surface area (Å²) in [6.45, 7) is 8.89. The van der Waals surface area contributed by atoms with E-state index >= 15 is 0 Å². The zero-order chi connectivity index (χ0) is 15.0. The lowest BCUT2D eigenvalue weighted by molar-refractivity contribution is 0.163. The average molecular weight is 276 g/mol. The first-order valence-electron chi connectivity index (χ1n) is 8.23.